The predicted octanol–water partition coefficient (Wildman–Crippen LogP) is 4.67. The number of hydrogen-bond donors (Lipinski definition) is 1. The summed E-state index contributed by atoms with van der Waals surface area (Å²) in [7, 11) is 0. The average molecular weight is 471 g/mol. The van der Waals surface area contributed by atoms with Crippen LogP contribution in [-0.4, -0.2) is 33.7 Å². The van der Waals surface area contributed by atoms with E-state index in [-0.39, 0.29) is 17.6 Å². The molecule has 0 atom stereocenters. The molecule has 0 saturated heterocycles. The Hall–Kier alpha value is -3.58. The van der Waals surface area contributed by atoms with Gasteiger partial charge in [0.1, 0.15) is 5.82 Å². The molecule has 0 fully saturated rings. The fourth-order valence-corrected chi connectivity index (χ4v) is 5.39. The minimum Gasteiger partial charge on any atom is -0.345 e. The van der Waals surface area contributed by atoms with Crippen molar-refractivity contribution in [2.45, 2.75) is 31.3 Å². The number of carbonyl (C=O) groups excluding carboxylic acids is 2. The van der Waals surface area contributed by atoms with Gasteiger partial charge in [-0.25, -0.2) is 4.98 Å². The summed E-state index contributed by atoms with van der Waals surface area (Å²) in [5, 5.41) is 3.02. The number of fused-ring (bicyclic) bond motifs is 2. The average Bonchev–Trinajstić information content (AvgIpc) is 3.47. The van der Waals surface area contributed by atoms with Crippen molar-refractivity contribution in [1.29, 1.82) is 0 Å². The first-order chi connectivity index (χ1) is 16.7. The van der Waals surface area contributed by atoms with Crippen molar-refractivity contribution in [3.8, 4) is 0 Å². The molecule has 172 valence electrons. The Balaban J connectivity index is 1.26. The van der Waals surface area contributed by atoms with Gasteiger partial charge in [0.15, 0.2) is 0 Å². The van der Waals surface area contributed by atoms with Crippen molar-refractivity contribution in [3.05, 3.63) is 89.7 Å². The number of carbonyl (C=O) groups is 2. The zero-order chi connectivity index (χ0) is 23.5. The Morgan fingerprint density at radius 3 is 2.65 bits per heavy atom. The number of imidazole rings is 1. The molecule has 5 rings (SSSR count). The lowest BCUT2D eigenvalue weighted by Gasteiger charge is -2.17. The Kier molecular flexibility index (Phi) is 6.36. The van der Waals surface area contributed by atoms with E-state index < -0.39 is 0 Å². The summed E-state index contributed by atoms with van der Waals surface area (Å²) in [6, 6.07) is 23.5. The molecule has 0 radical (unpaired) electrons. The van der Waals surface area contributed by atoms with Gasteiger partial charge >= 0.3 is 0 Å². The largest absolute Gasteiger partial charge is 0.345 e. The lowest BCUT2D eigenvalue weighted by atomic mass is 10.2. The maximum absolute atomic E-state index is 13.1. The van der Waals surface area contributed by atoms with Gasteiger partial charge in [-0.05, 0) is 49.2 Å². The highest BCUT2D eigenvalue weighted by atomic mass is 32.2. The molecule has 3 aromatic carbocycles. The highest BCUT2D eigenvalue weighted by Crippen LogP contribution is 2.29. The van der Waals surface area contributed by atoms with Gasteiger partial charge in [0.2, 0.25) is 5.91 Å². The van der Waals surface area contributed by atoms with Crippen LogP contribution in [0, 0.1) is 0 Å². The number of anilines is 1. The summed E-state index contributed by atoms with van der Waals surface area (Å²) in [6.07, 6.45) is 0.883. The van der Waals surface area contributed by atoms with Gasteiger partial charge in [-0.1, -0.05) is 42.5 Å². The molecule has 0 saturated carbocycles. The van der Waals surface area contributed by atoms with E-state index >= 15 is 0 Å². The van der Waals surface area contributed by atoms with E-state index in [9.17, 15) is 9.59 Å². The fourth-order valence-electron chi connectivity index (χ4n) is 4.46. The number of amides is 2. The number of benzene rings is 3. The third kappa shape index (κ3) is 4.31. The Morgan fingerprint density at radius 2 is 1.76 bits per heavy atom. The molecule has 34 heavy (non-hydrogen) atoms. The van der Waals surface area contributed by atoms with Crippen molar-refractivity contribution >= 4 is 40.3 Å². The number of nitrogens with zero attached hydrogens (tertiary/aromatic N) is 3. The molecule has 0 spiro atoms. The number of rotatable bonds is 7. The van der Waals surface area contributed by atoms with Crippen LogP contribution in [0.15, 0.2) is 77.7 Å². The van der Waals surface area contributed by atoms with Crippen molar-refractivity contribution in [2.75, 3.05) is 17.2 Å². The molecule has 1 aromatic heterocycles. The van der Waals surface area contributed by atoms with Crippen molar-refractivity contribution in [3.63, 3.8) is 0 Å². The van der Waals surface area contributed by atoms with Gasteiger partial charge in [0, 0.05) is 23.7 Å². The predicted molar refractivity (Wildman–Crippen MR) is 136 cm³/mol. The molecule has 4 aromatic rings. The van der Waals surface area contributed by atoms with Crippen LogP contribution >= 0.6 is 11.8 Å². The first-order valence-corrected chi connectivity index (χ1v) is 12.5. The van der Waals surface area contributed by atoms with Crippen LogP contribution in [-0.2, 0) is 24.3 Å². The number of para-hydroxylation sites is 3. The smallest absolute Gasteiger partial charge is 0.252 e. The van der Waals surface area contributed by atoms with Crippen LogP contribution in [0.1, 0.15) is 28.7 Å². The van der Waals surface area contributed by atoms with Crippen LogP contribution in [0.25, 0.3) is 11.0 Å². The van der Waals surface area contributed by atoms with E-state index in [0.717, 1.165) is 40.4 Å². The molecule has 2 amide bonds. The maximum Gasteiger partial charge on any atom is 0.252 e. The first-order valence-electron chi connectivity index (χ1n) is 11.5. The highest BCUT2D eigenvalue weighted by molar-refractivity contribution is 8.00. The number of aryl methyl sites for hydroxylation is 1. The van der Waals surface area contributed by atoms with Crippen molar-refractivity contribution in [2.24, 2.45) is 0 Å². The monoisotopic (exact) mass is 470 g/mol. The highest BCUT2D eigenvalue weighted by Gasteiger charge is 2.24. The van der Waals surface area contributed by atoms with Gasteiger partial charge in [0.25, 0.3) is 5.91 Å². The summed E-state index contributed by atoms with van der Waals surface area (Å²) in [4.78, 5) is 33.3. The van der Waals surface area contributed by atoms with Crippen molar-refractivity contribution in [1.82, 2.24) is 14.9 Å². The molecule has 0 unspecified atom stereocenters. The molecule has 0 aliphatic carbocycles. The van der Waals surface area contributed by atoms with Crippen LogP contribution < -0.4 is 10.2 Å². The molecule has 1 aliphatic rings. The number of thioether (sulfide) groups is 1. The number of aromatic nitrogens is 2. The maximum atomic E-state index is 13.1. The first kappa shape index (κ1) is 22.2. The van der Waals surface area contributed by atoms with E-state index in [0.29, 0.717) is 18.7 Å². The summed E-state index contributed by atoms with van der Waals surface area (Å²) in [6.45, 7) is 3.89. The Bertz CT molecular complexity index is 1360. The van der Waals surface area contributed by atoms with Gasteiger partial charge in [-0.2, -0.15) is 0 Å². The Labute approximate surface area is 203 Å². The van der Waals surface area contributed by atoms with Crippen LogP contribution in [0.2, 0.25) is 0 Å². The van der Waals surface area contributed by atoms with E-state index in [1.807, 2.05) is 65.6 Å². The lowest BCUT2D eigenvalue weighted by Crippen LogP contribution is -2.30. The van der Waals surface area contributed by atoms with E-state index in [4.69, 9.17) is 0 Å². The van der Waals surface area contributed by atoms with Gasteiger partial charge < -0.3 is 14.8 Å². The molecule has 1 aliphatic heterocycles. The zero-order valence-electron chi connectivity index (χ0n) is 19.0. The molecule has 2 heterocycles. The van der Waals surface area contributed by atoms with Gasteiger partial charge in [-0.3, -0.25) is 9.59 Å². The molecule has 7 heteroatoms. The van der Waals surface area contributed by atoms with E-state index in [1.165, 1.54) is 17.3 Å². The molecule has 0 bridgehead atoms. The van der Waals surface area contributed by atoms with Crippen LogP contribution in [0.4, 0.5) is 5.69 Å². The lowest BCUT2D eigenvalue weighted by molar-refractivity contribution is -0.116. The normalized spacial score (nSPS) is 12.7. The zero-order valence-corrected chi connectivity index (χ0v) is 19.8. The summed E-state index contributed by atoms with van der Waals surface area (Å²) in [5.41, 5.74) is 4.76. The van der Waals surface area contributed by atoms with Crippen LogP contribution in [0.5, 0.6) is 0 Å². The van der Waals surface area contributed by atoms with Crippen LogP contribution in [0.3, 0.4) is 0 Å². The second-order valence-electron chi connectivity index (χ2n) is 8.15. The van der Waals surface area contributed by atoms with Crippen molar-refractivity contribution < 1.29 is 9.59 Å². The Morgan fingerprint density at radius 1 is 1.00 bits per heavy atom. The summed E-state index contributed by atoms with van der Waals surface area (Å²) in [5.74, 6) is 0.994. The minimum absolute atomic E-state index is 0.0572. The van der Waals surface area contributed by atoms with E-state index in [2.05, 4.69) is 27.9 Å². The molecule has 6 nitrogen and oxygen atoms in total. The second kappa shape index (κ2) is 9.73. The quantitative estimate of drug-likeness (QED) is 0.399. The second-order valence-corrected chi connectivity index (χ2v) is 9.17. The topological polar surface area (TPSA) is 67.2 Å². The third-order valence-corrected chi connectivity index (χ3v) is 7.19. The fraction of sp³-hybridized carbons (Fsp3) is 0.222. The third-order valence-electron chi connectivity index (χ3n) is 6.13. The molecular weight excluding hydrogens is 444 g/mol. The van der Waals surface area contributed by atoms with Gasteiger partial charge in [0.05, 0.1) is 28.9 Å². The number of nitrogens with one attached hydrogen (secondary N) is 1. The summed E-state index contributed by atoms with van der Waals surface area (Å²) < 4.78 is 2.11. The summed E-state index contributed by atoms with van der Waals surface area (Å²) >= 11 is 1.41. The van der Waals surface area contributed by atoms with E-state index in [1.54, 1.807) is 6.07 Å². The van der Waals surface area contributed by atoms with Gasteiger partial charge in [-0.15, -0.1) is 11.8 Å². The molecular formula is C27H26N4O2S. The SMILES string of the molecule is CCn1c(CNC(=O)c2ccccc2SCC(=O)N2CCc3ccccc32)nc2ccccc21. The standard InChI is InChI=1S/C27H26N4O2S/c1-2-30-23-13-7-5-11-21(23)29-25(30)17-28-27(33)20-10-4-8-14-24(20)34-18-26(32)31-16-15-19-9-3-6-12-22(19)31/h3-14H,2,15-18H2,1H3,(H,28,33). The minimum atomic E-state index is -0.170. The molecule has 1 N–H and O–H groups in total. The number of hydrogen-bond acceptors (Lipinski definition) is 4.